The molecule has 2 N–H and O–H groups in total. The van der Waals surface area contributed by atoms with Gasteiger partial charge in [-0.1, -0.05) is 18.2 Å². The average Bonchev–Trinajstić information content (AvgIpc) is 2.84. The fourth-order valence-corrected chi connectivity index (χ4v) is 2.44. The Morgan fingerprint density at radius 3 is 2.83 bits per heavy atom. The van der Waals surface area contributed by atoms with Crippen molar-refractivity contribution in [1.82, 2.24) is 4.90 Å². The van der Waals surface area contributed by atoms with Crippen molar-refractivity contribution in [2.45, 2.75) is 38.6 Å². The smallest absolute Gasteiger partial charge is 0.227 e. The van der Waals surface area contributed by atoms with E-state index in [0.29, 0.717) is 13.0 Å². The van der Waals surface area contributed by atoms with E-state index < -0.39 is 0 Å². The van der Waals surface area contributed by atoms with Gasteiger partial charge in [0, 0.05) is 19.6 Å². The molecule has 98 valence electrons. The zero-order chi connectivity index (χ0) is 13.1. The van der Waals surface area contributed by atoms with Gasteiger partial charge in [0.2, 0.25) is 5.91 Å². The maximum absolute atomic E-state index is 12.1. The minimum atomic E-state index is 0.104. The largest absolute Gasteiger partial charge is 0.341 e. The highest BCUT2D eigenvalue weighted by Crippen LogP contribution is 2.23. The van der Waals surface area contributed by atoms with E-state index in [1.165, 1.54) is 24.0 Å². The van der Waals surface area contributed by atoms with Gasteiger partial charge in [0.1, 0.15) is 0 Å². The predicted octanol–water partition coefficient (Wildman–Crippen LogP) is 1.52. The van der Waals surface area contributed by atoms with Crippen LogP contribution in [0.1, 0.15) is 30.0 Å². The Morgan fingerprint density at radius 1 is 1.39 bits per heavy atom. The molecule has 0 spiro atoms. The number of fused-ring (bicyclic) bond motifs is 1. The van der Waals surface area contributed by atoms with Gasteiger partial charge < -0.3 is 10.6 Å². The Morgan fingerprint density at radius 2 is 2.11 bits per heavy atom. The molecule has 2 rings (SSSR count). The fourth-order valence-electron chi connectivity index (χ4n) is 2.44. The molecule has 0 aliphatic heterocycles. The van der Waals surface area contributed by atoms with Crippen LogP contribution < -0.4 is 5.73 Å². The van der Waals surface area contributed by atoms with Gasteiger partial charge in [-0.15, -0.1) is 0 Å². The molecule has 0 heterocycles. The zero-order valence-electron chi connectivity index (χ0n) is 11.3. The highest BCUT2D eigenvalue weighted by Gasteiger charge is 2.16. The topological polar surface area (TPSA) is 46.3 Å². The molecule has 0 saturated heterocycles. The predicted molar refractivity (Wildman–Crippen MR) is 73.5 cm³/mol. The molecule has 0 saturated carbocycles. The number of hydrogen-bond acceptors (Lipinski definition) is 2. The number of rotatable bonds is 4. The number of carbonyl (C=O) groups is 1. The SMILES string of the molecule is CC(CN)N(C)C(=O)Cc1ccc2c(c1)CCC2. The molecule has 1 aromatic rings. The van der Waals surface area contributed by atoms with Gasteiger partial charge in [-0.25, -0.2) is 0 Å². The number of carbonyl (C=O) groups excluding carboxylic acids is 1. The van der Waals surface area contributed by atoms with Crippen LogP contribution in [0.5, 0.6) is 0 Å². The van der Waals surface area contributed by atoms with Crippen LogP contribution in [0.3, 0.4) is 0 Å². The summed E-state index contributed by atoms with van der Waals surface area (Å²) in [5.41, 5.74) is 9.59. The third-order valence-electron chi connectivity index (χ3n) is 3.91. The molecule has 1 aliphatic rings. The van der Waals surface area contributed by atoms with Gasteiger partial charge in [-0.2, -0.15) is 0 Å². The highest BCUT2D eigenvalue weighted by atomic mass is 16.2. The van der Waals surface area contributed by atoms with E-state index in [9.17, 15) is 4.79 Å². The Bertz CT molecular complexity index is 442. The molecule has 0 bridgehead atoms. The minimum absolute atomic E-state index is 0.104. The summed E-state index contributed by atoms with van der Waals surface area (Å²) >= 11 is 0. The molecule has 1 aromatic carbocycles. The van der Waals surface area contributed by atoms with Gasteiger partial charge in [-0.3, -0.25) is 4.79 Å². The van der Waals surface area contributed by atoms with Crippen LogP contribution in [0.4, 0.5) is 0 Å². The maximum atomic E-state index is 12.1. The summed E-state index contributed by atoms with van der Waals surface area (Å²) in [6.07, 6.45) is 4.07. The molecule has 0 aromatic heterocycles. The molecule has 1 aliphatic carbocycles. The van der Waals surface area contributed by atoms with Crippen LogP contribution in [0.15, 0.2) is 18.2 Å². The van der Waals surface area contributed by atoms with E-state index in [4.69, 9.17) is 5.73 Å². The third-order valence-corrected chi connectivity index (χ3v) is 3.91. The summed E-state index contributed by atoms with van der Waals surface area (Å²) < 4.78 is 0. The molecular weight excluding hydrogens is 224 g/mol. The van der Waals surface area contributed by atoms with Gasteiger partial charge in [-0.05, 0) is 42.9 Å². The highest BCUT2D eigenvalue weighted by molar-refractivity contribution is 5.78. The standard InChI is InChI=1S/C15H22N2O/c1-11(10-16)17(2)15(18)9-12-6-7-13-4-3-5-14(13)8-12/h6-8,11H,3-5,9-10,16H2,1-2H3. The molecular formula is C15H22N2O. The van der Waals surface area contributed by atoms with E-state index in [1.807, 2.05) is 14.0 Å². The van der Waals surface area contributed by atoms with Gasteiger partial charge in [0.15, 0.2) is 0 Å². The van der Waals surface area contributed by atoms with E-state index in [1.54, 1.807) is 4.90 Å². The number of hydrogen-bond donors (Lipinski definition) is 1. The van der Waals surface area contributed by atoms with Crippen molar-refractivity contribution in [3.05, 3.63) is 34.9 Å². The van der Waals surface area contributed by atoms with Crippen LogP contribution in [0.2, 0.25) is 0 Å². The lowest BCUT2D eigenvalue weighted by atomic mass is 10.0. The number of nitrogens with zero attached hydrogens (tertiary/aromatic N) is 1. The first-order chi connectivity index (χ1) is 8.61. The van der Waals surface area contributed by atoms with Crippen molar-refractivity contribution < 1.29 is 4.79 Å². The summed E-state index contributed by atoms with van der Waals surface area (Å²) in [5.74, 6) is 0.144. The first-order valence-corrected chi connectivity index (χ1v) is 6.68. The Hall–Kier alpha value is -1.35. The van der Waals surface area contributed by atoms with Crippen LogP contribution >= 0.6 is 0 Å². The Kier molecular flexibility index (Phi) is 4.02. The summed E-state index contributed by atoms with van der Waals surface area (Å²) in [7, 11) is 1.83. The molecule has 1 amide bonds. The lowest BCUT2D eigenvalue weighted by Gasteiger charge is -2.23. The van der Waals surface area contributed by atoms with Crippen molar-refractivity contribution in [3.63, 3.8) is 0 Å². The van der Waals surface area contributed by atoms with Crippen molar-refractivity contribution in [3.8, 4) is 0 Å². The molecule has 1 unspecified atom stereocenters. The zero-order valence-corrected chi connectivity index (χ0v) is 11.3. The van der Waals surface area contributed by atoms with Crippen LogP contribution in [-0.4, -0.2) is 30.4 Å². The van der Waals surface area contributed by atoms with E-state index in [-0.39, 0.29) is 11.9 Å². The Balaban J connectivity index is 2.03. The summed E-state index contributed by atoms with van der Waals surface area (Å²) in [4.78, 5) is 13.8. The quantitative estimate of drug-likeness (QED) is 0.875. The number of benzene rings is 1. The number of aryl methyl sites for hydroxylation is 2. The van der Waals surface area contributed by atoms with Crippen molar-refractivity contribution in [2.75, 3.05) is 13.6 Å². The van der Waals surface area contributed by atoms with E-state index in [0.717, 1.165) is 12.0 Å². The first-order valence-electron chi connectivity index (χ1n) is 6.68. The molecule has 18 heavy (non-hydrogen) atoms. The molecule has 0 radical (unpaired) electrons. The maximum Gasteiger partial charge on any atom is 0.227 e. The second-order valence-electron chi connectivity index (χ2n) is 5.22. The number of likely N-dealkylation sites (N-methyl/N-ethyl adjacent to an activating group) is 1. The van der Waals surface area contributed by atoms with Crippen LogP contribution in [0.25, 0.3) is 0 Å². The molecule has 1 atom stereocenters. The first kappa shape index (κ1) is 13.1. The van der Waals surface area contributed by atoms with Crippen molar-refractivity contribution >= 4 is 5.91 Å². The van der Waals surface area contributed by atoms with Gasteiger partial charge >= 0.3 is 0 Å². The number of nitrogens with two attached hydrogens (primary N) is 1. The second-order valence-corrected chi connectivity index (χ2v) is 5.22. The molecule has 3 nitrogen and oxygen atoms in total. The summed E-state index contributed by atoms with van der Waals surface area (Å²) in [6, 6.07) is 6.56. The summed E-state index contributed by atoms with van der Waals surface area (Å²) in [6.45, 7) is 2.48. The summed E-state index contributed by atoms with van der Waals surface area (Å²) in [5, 5.41) is 0. The lowest BCUT2D eigenvalue weighted by Crippen LogP contribution is -2.40. The number of amides is 1. The van der Waals surface area contributed by atoms with Gasteiger partial charge in [0.05, 0.1) is 6.42 Å². The van der Waals surface area contributed by atoms with Gasteiger partial charge in [0.25, 0.3) is 0 Å². The lowest BCUT2D eigenvalue weighted by molar-refractivity contribution is -0.130. The average molecular weight is 246 g/mol. The van der Waals surface area contributed by atoms with Crippen molar-refractivity contribution in [2.24, 2.45) is 5.73 Å². The van der Waals surface area contributed by atoms with Crippen LogP contribution in [-0.2, 0) is 24.1 Å². The normalized spacial score (nSPS) is 15.3. The Labute approximate surface area is 109 Å². The fraction of sp³-hybridized carbons (Fsp3) is 0.533. The minimum Gasteiger partial charge on any atom is -0.341 e. The monoisotopic (exact) mass is 246 g/mol. The van der Waals surface area contributed by atoms with Crippen molar-refractivity contribution in [1.29, 1.82) is 0 Å². The third kappa shape index (κ3) is 2.72. The van der Waals surface area contributed by atoms with E-state index >= 15 is 0 Å². The van der Waals surface area contributed by atoms with Crippen LogP contribution in [0, 0.1) is 0 Å². The molecule has 0 fully saturated rings. The van der Waals surface area contributed by atoms with E-state index in [2.05, 4.69) is 18.2 Å². The second kappa shape index (κ2) is 5.53. The molecule has 3 heteroatoms.